The van der Waals surface area contributed by atoms with Crippen LogP contribution >= 0.6 is 12.2 Å². The number of ether oxygens (including phenoxy) is 1. The number of thiocarbonyl (C=S) groups is 1. The van der Waals surface area contributed by atoms with Gasteiger partial charge >= 0.3 is 0 Å². The predicted octanol–water partition coefficient (Wildman–Crippen LogP) is 2.08. The Morgan fingerprint density at radius 2 is 2.14 bits per heavy atom. The van der Waals surface area contributed by atoms with E-state index in [-0.39, 0.29) is 12.3 Å². The average molecular weight is 207 g/mol. The van der Waals surface area contributed by atoms with Crippen LogP contribution in [0.1, 0.15) is 6.42 Å². The molecule has 1 aromatic carbocycles. The van der Waals surface area contributed by atoms with Gasteiger partial charge in [-0.1, -0.05) is 18.2 Å². The first-order valence-corrected chi connectivity index (χ1v) is 4.52. The highest BCUT2D eigenvalue weighted by atomic mass is 32.1. The van der Waals surface area contributed by atoms with Gasteiger partial charge in [0.05, 0.1) is 18.2 Å². The van der Waals surface area contributed by atoms with Gasteiger partial charge in [0, 0.05) is 0 Å². The predicted molar refractivity (Wildman–Crippen MR) is 56.6 cm³/mol. The van der Waals surface area contributed by atoms with E-state index >= 15 is 0 Å². The minimum atomic E-state index is -0.309. The van der Waals surface area contributed by atoms with Crippen molar-refractivity contribution in [2.45, 2.75) is 6.42 Å². The molecule has 0 aliphatic heterocycles. The van der Waals surface area contributed by atoms with Gasteiger partial charge in [-0.3, -0.25) is 4.79 Å². The van der Waals surface area contributed by atoms with Crippen LogP contribution in [-0.2, 0) is 4.79 Å². The molecule has 0 bridgehead atoms. The number of rotatable bonds is 4. The summed E-state index contributed by atoms with van der Waals surface area (Å²) in [6, 6.07) is 9.28. The van der Waals surface area contributed by atoms with E-state index in [1.165, 1.54) is 0 Å². The van der Waals surface area contributed by atoms with Gasteiger partial charge in [0.15, 0.2) is 0 Å². The van der Waals surface area contributed by atoms with Crippen LogP contribution in [0, 0.1) is 0 Å². The van der Waals surface area contributed by atoms with Crippen LogP contribution in [-0.4, -0.2) is 17.7 Å². The van der Waals surface area contributed by atoms with Gasteiger partial charge in [0.25, 0.3) is 5.91 Å². The molecule has 1 aromatic rings. The molecule has 0 spiro atoms. The zero-order valence-corrected chi connectivity index (χ0v) is 8.29. The zero-order valence-electron chi connectivity index (χ0n) is 7.47. The fourth-order valence-electron chi connectivity index (χ4n) is 0.880. The molecule has 0 aromatic heterocycles. The molecular formula is C10H9NO2S. The molecule has 72 valence electrons. The molecule has 0 aliphatic carbocycles. The summed E-state index contributed by atoms with van der Waals surface area (Å²) < 4.78 is 5.28. The van der Waals surface area contributed by atoms with Gasteiger partial charge in [-0.05, 0) is 24.4 Å². The first kappa shape index (κ1) is 10.6. The molecule has 0 aliphatic rings. The molecule has 3 nitrogen and oxygen atoms in total. The van der Waals surface area contributed by atoms with Crippen molar-refractivity contribution < 1.29 is 9.53 Å². The second kappa shape index (κ2) is 6.02. The van der Waals surface area contributed by atoms with Gasteiger partial charge in [-0.2, -0.15) is 4.99 Å². The Balaban J connectivity index is 2.29. The van der Waals surface area contributed by atoms with Gasteiger partial charge in [-0.15, -0.1) is 0 Å². The first-order valence-electron chi connectivity index (χ1n) is 4.11. The maximum atomic E-state index is 10.9. The van der Waals surface area contributed by atoms with E-state index in [0.29, 0.717) is 6.61 Å². The number of hydrogen-bond donors (Lipinski definition) is 0. The Hall–Kier alpha value is -1.51. The van der Waals surface area contributed by atoms with Gasteiger partial charge < -0.3 is 4.74 Å². The molecule has 1 amide bonds. The quantitative estimate of drug-likeness (QED) is 0.560. The normalized spacial score (nSPS) is 8.86. The lowest BCUT2D eigenvalue weighted by Crippen LogP contribution is -2.03. The maximum Gasteiger partial charge on any atom is 0.257 e. The summed E-state index contributed by atoms with van der Waals surface area (Å²) in [6.07, 6.45) is 0.221. The summed E-state index contributed by atoms with van der Waals surface area (Å²) in [5, 5.41) is 2.02. The summed E-state index contributed by atoms with van der Waals surface area (Å²) in [5.41, 5.74) is 0. The van der Waals surface area contributed by atoms with Gasteiger partial charge in [0.1, 0.15) is 5.75 Å². The van der Waals surface area contributed by atoms with Crippen LogP contribution < -0.4 is 4.74 Å². The Morgan fingerprint density at radius 3 is 2.79 bits per heavy atom. The Morgan fingerprint density at radius 1 is 1.43 bits per heavy atom. The van der Waals surface area contributed by atoms with Crippen molar-refractivity contribution in [2.75, 3.05) is 6.61 Å². The second-order valence-electron chi connectivity index (χ2n) is 2.51. The van der Waals surface area contributed by atoms with Crippen molar-refractivity contribution in [3.8, 4) is 5.75 Å². The maximum absolute atomic E-state index is 10.9. The Kier molecular flexibility index (Phi) is 4.55. The van der Waals surface area contributed by atoms with Gasteiger partial charge in [-0.25, -0.2) is 0 Å². The number of hydrogen-bond acceptors (Lipinski definition) is 3. The molecule has 0 saturated carbocycles. The fraction of sp³-hybridized carbons (Fsp3) is 0.200. The minimum Gasteiger partial charge on any atom is -0.493 e. The molecule has 14 heavy (non-hydrogen) atoms. The number of para-hydroxylation sites is 1. The number of aliphatic imine (C=N–C) groups is 1. The van der Waals surface area contributed by atoms with Crippen molar-refractivity contribution in [3.63, 3.8) is 0 Å². The van der Waals surface area contributed by atoms with Crippen LogP contribution in [0.5, 0.6) is 5.75 Å². The van der Waals surface area contributed by atoms with Crippen molar-refractivity contribution in [1.29, 1.82) is 0 Å². The number of carbonyl (C=O) groups excluding carboxylic acids is 1. The number of benzene rings is 1. The van der Waals surface area contributed by atoms with Crippen LogP contribution in [0.4, 0.5) is 0 Å². The lowest BCUT2D eigenvalue weighted by Gasteiger charge is -2.02. The number of nitrogens with zero attached hydrogens (tertiary/aromatic N) is 1. The molecular weight excluding hydrogens is 198 g/mol. The van der Waals surface area contributed by atoms with E-state index in [4.69, 9.17) is 4.74 Å². The fourth-order valence-corrected chi connectivity index (χ4v) is 0.982. The summed E-state index contributed by atoms with van der Waals surface area (Å²) in [6.45, 7) is 0.309. The summed E-state index contributed by atoms with van der Waals surface area (Å²) >= 11 is 4.29. The van der Waals surface area contributed by atoms with Crippen molar-refractivity contribution in [2.24, 2.45) is 4.99 Å². The molecule has 0 atom stereocenters. The molecule has 0 unspecified atom stereocenters. The highest BCUT2D eigenvalue weighted by Crippen LogP contribution is 2.08. The van der Waals surface area contributed by atoms with Crippen LogP contribution in [0.2, 0.25) is 0 Å². The van der Waals surface area contributed by atoms with E-state index in [1.54, 1.807) is 0 Å². The molecule has 0 heterocycles. The lowest BCUT2D eigenvalue weighted by atomic mass is 10.3. The molecule has 0 saturated heterocycles. The Labute approximate surface area is 87.4 Å². The smallest absolute Gasteiger partial charge is 0.257 e. The third-order valence-electron chi connectivity index (χ3n) is 1.50. The molecule has 0 fully saturated rings. The molecule has 1 rings (SSSR count). The molecule has 0 N–H and O–H groups in total. The van der Waals surface area contributed by atoms with E-state index in [0.717, 1.165) is 5.75 Å². The van der Waals surface area contributed by atoms with E-state index in [9.17, 15) is 4.79 Å². The first-order chi connectivity index (χ1) is 6.83. The SMILES string of the molecule is O=C(CCOc1ccccc1)N=C=S. The topological polar surface area (TPSA) is 38.7 Å². The van der Waals surface area contributed by atoms with E-state index in [2.05, 4.69) is 17.2 Å². The van der Waals surface area contributed by atoms with Crippen molar-refractivity contribution in [1.82, 2.24) is 0 Å². The number of isothiocyanates is 1. The number of amides is 1. The average Bonchev–Trinajstić information content (AvgIpc) is 2.20. The molecule has 0 radical (unpaired) electrons. The Bertz CT molecular complexity index is 344. The highest BCUT2D eigenvalue weighted by molar-refractivity contribution is 7.78. The second-order valence-corrected chi connectivity index (χ2v) is 2.69. The largest absolute Gasteiger partial charge is 0.493 e. The number of carbonyl (C=O) groups is 1. The standard InChI is InChI=1S/C10H9NO2S/c12-10(11-8-14)6-7-13-9-4-2-1-3-5-9/h1-5H,6-7H2. The zero-order chi connectivity index (χ0) is 10.2. The third kappa shape index (κ3) is 3.94. The third-order valence-corrected chi connectivity index (χ3v) is 1.59. The summed E-state index contributed by atoms with van der Waals surface area (Å²) in [4.78, 5) is 14.2. The lowest BCUT2D eigenvalue weighted by molar-refractivity contribution is -0.118. The summed E-state index contributed by atoms with van der Waals surface area (Å²) in [7, 11) is 0. The van der Waals surface area contributed by atoms with Crippen LogP contribution in [0.15, 0.2) is 35.3 Å². The van der Waals surface area contributed by atoms with Gasteiger partial charge in [0.2, 0.25) is 0 Å². The molecule has 4 heteroatoms. The van der Waals surface area contributed by atoms with Crippen molar-refractivity contribution in [3.05, 3.63) is 30.3 Å². The van der Waals surface area contributed by atoms with Crippen LogP contribution in [0.25, 0.3) is 0 Å². The van der Waals surface area contributed by atoms with Crippen molar-refractivity contribution >= 4 is 23.3 Å². The van der Waals surface area contributed by atoms with E-state index < -0.39 is 0 Å². The minimum absolute atomic E-state index is 0.221. The highest BCUT2D eigenvalue weighted by Gasteiger charge is 1.98. The van der Waals surface area contributed by atoms with E-state index in [1.807, 2.05) is 35.5 Å². The summed E-state index contributed by atoms with van der Waals surface area (Å²) in [5.74, 6) is 0.433. The monoisotopic (exact) mass is 207 g/mol. The van der Waals surface area contributed by atoms with Crippen LogP contribution in [0.3, 0.4) is 0 Å².